The van der Waals surface area contributed by atoms with E-state index in [0.29, 0.717) is 6.04 Å². The summed E-state index contributed by atoms with van der Waals surface area (Å²) in [6.07, 6.45) is 6.07. The minimum atomic E-state index is -0.0941. The van der Waals surface area contributed by atoms with Crippen molar-refractivity contribution < 1.29 is 5.11 Å². The van der Waals surface area contributed by atoms with Crippen LogP contribution in [-0.2, 0) is 6.54 Å². The molecule has 4 nitrogen and oxygen atoms in total. The van der Waals surface area contributed by atoms with Crippen molar-refractivity contribution in [2.75, 3.05) is 13.1 Å². The molecule has 1 aliphatic rings. The number of aromatic nitrogens is 2. The van der Waals surface area contributed by atoms with E-state index in [4.69, 9.17) is 0 Å². The Morgan fingerprint density at radius 3 is 2.61 bits per heavy atom. The second-order valence-electron chi connectivity index (χ2n) is 5.26. The fourth-order valence-corrected chi connectivity index (χ4v) is 2.63. The monoisotopic (exact) mass is 251 g/mol. The Kier molecular flexibility index (Phi) is 4.78. The van der Waals surface area contributed by atoms with Crippen LogP contribution < -0.4 is 0 Å². The molecule has 1 N–H and O–H groups in total. The molecule has 0 saturated carbocycles. The number of aliphatic hydroxyl groups excluding tert-OH is 1. The molecule has 0 aliphatic carbocycles. The zero-order chi connectivity index (χ0) is 13.0. The Bertz CT molecular complexity index is 352. The van der Waals surface area contributed by atoms with Crippen molar-refractivity contribution in [1.29, 1.82) is 0 Å². The summed E-state index contributed by atoms with van der Waals surface area (Å²) in [5, 5.41) is 14.2. The summed E-state index contributed by atoms with van der Waals surface area (Å²) in [6.45, 7) is 7.31. The van der Waals surface area contributed by atoms with Crippen LogP contribution in [0.25, 0.3) is 0 Å². The van der Waals surface area contributed by atoms with Crippen LogP contribution in [-0.4, -0.2) is 39.0 Å². The quantitative estimate of drug-likeness (QED) is 0.872. The van der Waals surface area contributed by atoms with Crippen molar-refractivity contribution in [3.8, 4) is 0 Å². The number of rotatable bonds is 5. The summed E-state index contributed by atoms with van der Waals surface area (Å²) >= 11 is 0. The molecule has 0 amide bonds. The van der Waals surface area contributed by atoms with E-state index in [1.54, 1.807) is 0 Å². The zero-order valence-electron chi connectivity index (χ0n) is 11.5. The second kappa shape index (κ2) is 6.34. The maximum absolute atomic E-state index is 9.49. The predicted octanol–water partition coefficient (Wildman–Crippen LogP) is 2.20. The lowest BCUT2D eigenvalue weighted by Gasteiger charge is -2.28. The van der Waals surface area contributed by atoms with Gasteiger partial charge in [0, 0.05) is 25.8 Å². The SMILES string of the molecule is CCC(CC)n1ccc(CN2CCC(O)CC2)n1. The van der Waals surface area contributed by atoms with Gasteiger partial charge in [0.05, 0.1) is 17.8 Å². The van der Waals surface area contributed by atoms with E-state index >= 15 is 0 Å². The maximum Gasteiger partial charge on any atom is 0.0764 e. The van der Waals surface area contributed by atoms with Crippen LogP contribution in [0, 0.1) is 0 Å². The predicted molar refractivity (Wildman–Crippen MR) is 72.4 cm³/mol. The van der Waals surface area contributed by atoms with Crippen LogP contribution in [0.4, 0.5) is 0 Å². The lowest BCUT2D eigenvalue weighted by molar-refractivity contribution is 0.0785. The fraction of sp³-hybridized carbons (Fsp3) is 0.786. The highest BCUT2D eigenvalue weighted by molar-refractivity contribution is 5.00. The van der Waals surface area contributed by atoms with E-state index in [9.17, 15) is 5.11 Å². The van der Waals surface area contributed by atoms with Crippen molar-refractivity contribution >= 4 is 0 Å². The summed E-state index contributed by atoms with van der Waals surface area (Å²) in [7, 11) is 0. The van der Waals surface area contributed by atoms with Gasteiger partial charge in [0.2, 0.25) is 0 Å². The number of hydrogen-bond donors (Lipinski definition) is 1. The van der Waals surface area contributed by atoms with Gasteiger partial charge in [-0.05, 0) is 31.7 Å². The molecule has 1 saturated heterocycles. The molecule has 1 fully saturated rings. The van der Waals surface area contributed by atoms with Crippen molar-refractivity contribution in [2.45, 2.75) is 58.2 Å². The topological polar surface area (TPSA) is 41.3 Å². The first-order valence-electron chi connectivity index (χ1n) is 7.17. The molecule has 18 heavy (non-hydrogen) atoms. The highest BCUT2D eigenvalue weighted by atomic mass is 16.3. The minimum Gasteiger partial charge on any atom is -0.393 e. The third kappa shape index (κ3) is 3.33. The Labute approximate surface area is 110 Å². The van der Waals surface area contributed by atoms with E-state index in [1.807, 2.05) is 0 Å². The van der Waals surface area contributed by atoms with Gasteiger partial charge in [-0.3, -0.25) is 9.58 Å². The van der Waals surface area contributed by atoms with Crippen molar-refractivity contribution in [3.63, 3.8) is 0 Å². The first kappa shape index (κ1) is 13.6. The van der Waals surface area contributed by atoms with Gasteiger partial charge in [-0.25, -0.2) is 0 Å². The largest absolute Gasteiger partial charge is 0.393 e. The van der Waals surface area contributed by atoms with E-state index in [-0.39, 0.29) is 6.10 Å². The Morgan fingerprint density at radius 1 is 1.33 bits per heavy atom. The summed E-state index contributed by atoms with van der Waals surface area (Å²) in [5.74, 6) is 0. The van der Waals surface area contributed by atoms with Crippen LogP contribution in [0.1, 0.15) is 51.3 Å². The fourth-order valence-electron chi connectivity index (χ4n) is 2.63. The molecular formula is C14H25N3O. The van der Waals surface area contributed by atoms with Crippen LogP contribution in [0.5, 0.6) is 0 Å². The van der Waals surface area contributed by atoms with E-state index in [2.05, 4.69) is 40.8 Å². The molecule has 0 atom stereocenters. The molecule has 2 heterocycles. The molecule has 0 spiro atoms. The molecule has 0 radical (unpaired) electrons. The van der Waals surface area contributed by atoms with E-state index < -0.39 is 0 Å². The zero-order valence-corrected chi connectivity index (χ0v) is 11.5. The van der Waals surface area contributed by atoms with Gasteiger partial charge in [0.1, 0.15) is 0 Å². The molecule has 2 rings (SSSR count). The summed E-state index contributed by atoms with van der Waals surface area (Å²) in [6, 6.07) is 2.66. The van der Waals surface area contributed by atoms with Crippen LogP contribution >= 0.6 is 0 Å². The maximum atomic E-state index is 9.49. The van der Waals surface area contributed by atoms with Gasteiger partial charge in [-0.2, -0.15) is 5.10 Å². The van der Waals surface area contributed by atoms with Crippen LogP contribution in [0.2, 0.25) is 0 Å². The third-order valence-corrected chi connectivity index (χ3v) is 3.92. The first-order chi connectivity index (χ1) is 8.72. The summed E-state index contributed by atoms with van der Waals surface area (Å²) in [5.41, 5.74) is 1.15. The summed E-state index contributed by atoms with van der Waals surface area (Å²) in [4.78, 5) is 2.38. The number of hydrogen-bond acceptors (Lipinski definition) is 3. The Hall–Kier alpha value is -0.870. The lowest BCUT2D eigenvalue weighted by Crippen LogP contribution is -2.35. The number of nitrogens with zero attached hydrogens (tertiary/aromatic N) is 3. The van der Waals surface area contributed by atoms with Gasteiger partial charge in [-0.1, -0.05) is 13.8 Å². The highest BCUT2D eigenvalue weighted by Crippen LogP contribution is 2.16. The first-order valence-corrected chi connectivity index (χ1v) is 7.17. The summed E-state index contributed by atoms with van der Waals surface area (Å²) < 4.78 is 2.11. The average molecular weight is 251 g/mol. The molecule has 1 aromatic rings. The average Bonchev–Trinajstić information content (AvgIpc) is 2.82. The van der Waals surface area contributed by atoms with E-state index in [0.717, 1.165) is 51.0 Å². The molecule has 1 aromatic heterocycles. The van der Waals surface area contributed by atoms with Gasteiger partial charge in [-0.15, -0.1) is 0 Å². The molecular weight excluding hydrogens is 226 g/mol. The molecule has 0 bridgehead atoms. The normalized spacial score (nSPS) is 18.7. The Morgan fingerprint density at radius 2 is 2.00 bits per heavy atom. The van der Waals surface area contributed by atoms with Gasteiger partial charge >= 0.3 is 0 Å². The van der Waals surface area contributed by atoms with Crippen molar-refractivity contribution in [1.82, 2.24) is 14.7 Å². The van der Waals surface area contributed by atoms with Gasteiger partial charge in [0.25, 0.3) is 0 Å². The second-order valence-corrected chi connectivity index (χ2v) is 5.26. The van der Waals surface area contributed by atoms with Gasteiger partial charge < -0.3 is 5.11 Å². The van der Waals surface area contributed by atoms with Crippen LogP contribution in [0.3, 0.4) is 0 Å². The molecule has 0 aromatic carbocycles. The van der Waals surface area contributed by atoms with E-state index in [1.165, 1.54) is 0 Å². The van der Waals surface area contributed by atoms with Crippen molar-refractivity contribution in [2.24, 2.45) is 0 Å². The highest BCUT2D eigenvalue weighted by Gasteiger charge is 2.18. The molecule has 0 unspecified atom stereocenters. The molecule has 4 heteroatoms. The van der Waals surface area contributed by atoms with Gasteiger partial charge in [0.15, 0.2) is 0 Å². The Balaban J connectivity index is 1.90. The minimum absolute atomic E-state index is 0.0941. The number of likely N-dealkylation sites (tertiary alicyclic amines) is 1. The lowest BCUT2D eigenvalue weighted by atomic mass is 10.1. The third-order valence-electron chi connectivity index (χ3n) is 3.92. The van der Waals surface area contributed by atoms with Crippen molar-refractivity contribution in [3.05, 3.63) is 18.0 Å². The number of aliphatic hydroxyl groups is 1. The smallest absolute Gasteiger partial charge is 0.0764 e. The molecule has 1 aliphatic heterocycles. The standard InChI is InChI=1S/C14H25N3O/c1-3-13(4-2)17-10-5-12(15-17)11-16-8-6-14(18)7-9-16/h5,10,13-14,18H,3-4,6-9,11H2,1-2H3. The number of piperidine rings is 1. The van der Waals surface area contributed by atoms with Crippen LogP contribution in [0.15, 0.2) is 12.3 Å². The molecule has 102 valence electrons.